The Morgan fingerprint density at radius 2 is 1.88 bits per heavy atom. The maximum atomic E-state index is 3.66. The van der Waals surface area contributed by atoms with Crippen LogP contribution in [0.5, 0.6) is 0 Å². The topological polar surface area (TPSA) is 3.24 Å². The summed E-state index contributed by atoms with van der Waals surface area (Å²) in [5.41, 5.74) is 2.60. The van der Waals surface area contributed by atoms with Gasteiger partial charge in [0.25, 0.3) is 0 Å². The normalized spacial score (nSPS) is 11.0. The molecule has 1 aromatic rings. The first-order chi connectivity index (χ1) is 7.63. The highest BCUT2D eigenvalue weighted by molar-refractivity contribution is 5.49. The molecule has 1 nitrogen and oxygen atoms in total. The molecule has 0 aromatic heterocycles. The van der Waals surface area contributed by atoms with Gasteiger partial charge in [-0.2, -0.15) is 0 Å². The molecule has 0 aliphatic carbocycles. The van der Waals surface area contributed by atoms with Crippen LogP contribution in [0.15, 0.2) is 49.2 Å². The molecule has 16 heavy (non-hydrogen) atoms. The Kier molecular flexibility index (Phi) is 4.84. The lowest BCUT2D eigenvalue weighted by atomic mass is 10.0. The molecule has 1 aromatic carbocycles. The quantitative estimate of drug-likeness (QED) is 0.670. The predicted molar refractivity (Wildman–Crippen MR) is 72.7 cm³/mol. The van der Waals surface area contributed by atoms with E-state index in [9.17, 15) is 0 Å². The summed E-state index contributed by atoms with van der Waals surface area (Å²) < 4.78 is 0. The first-order valence-electron chi connectivity index (χ1n) is 5.74. The van der Waals surface area contributed by atoms with E-state index in [1.165, 1.54) is 11.3 Å². The molecule has 1 rings (SSSR count). The van der Waals surface area contributed by atoms with Gasteiger partial charge in [-0.1, -0.05) is 38.6 Å². The lowest BCUT2D eigenvalue weighted by molar-refractivity contribution is 0.647. The smallest absolute Gasteiger partial charge is 0.0403 e. The summed E-state index contributed by atoms with van der Waals surface area (Å²) >= 11 is 0. The second kappa shape index (κ2) is 6.16. The SMILES string of the molecule is C=C/C=C\N(C)c1ccc(CC(C)C)cc1. The van der Waals surface area contributed by atoms with Crippen molar-refractivity contribution in [2.75, 3.05) is 11.9 Å². The molecule has 0 amide bonds. The largest absolute Gasteiger partial charge is 0.351 e. The standard InChI is InChI=1S/C15H21N/c1-5-6-11-16(4)15-9-7-14(8-10-15)12-13(2)3/h5-11,13H,1,12H2,2-4H3/b11-6-. The molecule has 0 aliphatic rings. The van der Waals surface area contributed by atoms with Gasteiger partial charge in [-0.05, 0) is 36.1 Å². The second-order valence-corrected chi connectivity index (χ2v) is 4.45. The minimum atomic E-state index is 0.712. The van der Waals surface area contributed by atoms with Crippen LogP contribution in [0.25, 0.3) is 0 Å². The molecule has 0 fully saturated rings. The van der Waals surface area contributed by atoms with Gasteiger partial charge in [0.1, 0.15) is 0 Å². The van der Waals surface area contributed by atoms with Crippen molar-refractivity contribution in [2.24, 2.45) is 5.92 Å². The number of nitrogens with zero attached hydrogens (tertiary/aromatic N) is 1. The molecule has 0 unspecified atom stereocenters. The van der Waals surface area contributed by atoms with Crippen molar-refractivity contribution >= 4 is 5.69 Å². The van der Waals surface area contributed by atoms with Crippen LogP contribution in [-0.2, 0) is 6.42 Å². The Hall–Kier alpha value is -1.50. The molecule has 0 radical (unpaired) electrons. The molecule has 0 spiro atoms. The van der Waals surface area contributed by atoms with Crippen LogP contribution in [0.3, 0.4) is 0 Å². The minimum absolute atomic E-state index is 0.712. The third-order valence-corrected chi connectivity index (χ3v) is 2.43. The Morgan fingerprint density at radius 1 is 1.25 bits per heavy atom. The fourth-order valence-corrected chi connectivity index (χ4v) is 1.61. The first-order valence-corrected chi connectivity index (χ1v) is 5.74. The maximum Gasteiger partial charge on any atom is 0.0403 e. The average Bonchev–Trinajstić information content (AvgIpc) is 2.26. The Balaban J connectivity index is 2.70. The summed E-state index contributed by atoms with van der Waals surface area (Å²) in [6.45, 7) is 8.15. The Labute approximate surface area is 99.1 Å². The van der Waals surface area contributed by atoms with Crippen molar-refractivity contribution in [1.29, 1.82) is 0 Å². The van der Waals surface area contributed by atoms with Crippen LogP contribution in [0, 0.1) is 5.92 Å². The highest BCUT2D eigenvalue weighted by atomic mass is 15.1. The van der Waals surface area contributed by atoms with E-state index < -0.39 is 0 Å². The van der Waals surface area contributed by atoms with E-state index >= 15 is 0 Å². The van der Waals surface area contributed by atoms with Crippen LogP contribution in [-0.4, -0.2) is 7.05 Å². The summed E-state index contributed by atoms with van der Waals surface area (Å²) in [7, 11) is 2.04. The number of hydrogen-bond acceptors (Lipinski definition) is 1. The van der Waals surface area contributed by atoms with E-state index in [-0.39, 0.29) is 0 Å². The average molecular weight is 215 g/mol. The van der Waals surface area contributed by atoms with Crippen molar-refractivity contribution in [3.05, 3.63) is 54.8 Å². The zero-order chi connectivity index (χ0) is 12.0. The fraction of sp³-hybridized carbons (Fsp3) is 0.333. The van der Waals surface area contributed by atoms with Crippen LogP contribution in [0.2, 0.25) is 0 Å². The number of benzene rings is 1. The molecule has 0 N–H and O–H groups in total. The number of hydrogen-bond donors (Lipinski definition) is 0. The summed E-state index contributed by atoms with van der Waals surface area (Å²) in [6, 6.07) is 8.72. The van der Waals surface area contributed by atoms with Crippen molar-refractivity contribution in [3.8, 4) is 0 Å². The zero-order valence-corrected chi connectivity index (χ0v) is 10.5. The predicted octanol–water partition coefficient (Wildman–Crippen LogP) is 4.02. The van der Waals surface area contributed by atoms with Crippen molar-refractivity contribution in [3.63, 3.8) is 0 Å². The van der Waals surface area contributed by atoms with Gasteiger partial charge in [0, 0.05) is 18.9 Å². The molecule has 0 saturated heterocycles. The molecule has 1 heteroatoms. The van der Waals surface area contributed by atoms with Crippen molar-refractivity contribution in [2.45, 2.75) is 20.3 Å². The van der Waals surface area contributed by atoms with E-state index in [0.29, 0.717) is 5.92 Å². The van der Waals surface area contributed by atoms with Crippen LogP contribution in [0.4, 0.5) is 5.69 Å². The van der Waals surface area contributed by atoms with Gasteiger partial charge in [-0.15, -0.1) is 0 Å². The molecule has 0 bridgehead atoms. The third-order valence-electron chi connectivity index (χ3n) is 2.43. The Morgan fingerprint density at radius 3 is 2.38 bits per heavy atom. The fourth-order valence-electron chi connectivity index (χ4n) is 1.61. The van der Waals surface area contributed by atoms with Gasteiger partial charge in [-0.25, -0.2) is 0 Å². The van der Waals surface area contributed by atoms with Crippen LogP contribution >= 0.6 is 0 Å². The van der Waals surface area contributed by atoms with E-state index in [1.807, 2.05) is 19.3 Å². The van der Waals surface area contributed by atoms with E-state index in [1.54, 1.807) is 6.08 Å². The van der Waals surface area contributed by atoms with Gasteiger partial charge in [0.15, 0.2) is 0 Å². The van der Waals surface area contributed by atoms with E-state index in [2.05, 4.69) is 49.6 Å². The molecule has 86 valence electrons. The number of rotatable bonds is 5. The summed E-state index contributed by atoms with van der Waals surface area (Å²) in [4.78, 5) is 2.08. The van der Waals surface area contributed by atoms with E-state index in [4.69, 9.17) is 0 Å². The third kappa shape index (κ3) is 3.93. The van der Waals surface area contributed by atoms with Gasteiger partial charge in [-0.3, -0.25) is 0 Å². The summed E-state index contributed by atoms with van der Waals surface area (Å²) in [5, 5.41) is 0. The number of allylic oxidation sites excluding steroid dienone is 2. The zero-order valence-electron chi connectivity index (χ0n) is 10.5. The second-order valence-electron chi connectivity index (χ2n) is 4.45. The summed E-state index contributed by atoms with van der Waals surface area (Å²) in [5.74, 6) is 0.712. The highest BCUT2D eigenvalue weighted by Crippen LogP contribution is 2.16. The first kappa shape index (κ1) is 12.6. The van der Waals surface area contributed by atoms with Gasteiger partial charge >= 0.3 is 0 Å². The molecule has 0 heterocycles. The highest BCUT2D eigenvalue weighted by Gasteiger charge is 1.99. The maximum absolute atomic E-state index is 3.66. The molecular weight excluding hydrogens is 194 g/mol. The molecule has 0 saturated carbocycles. The van der Waals surface area contributed by atoms with E-state index in [0.717, 1.165) is 6.42 Å². The monoisotopic (exact) mass is 215 g/mol. The van der Waals surface area contributed by atoms with Crippen molar-refractivity contribution in [1.82, 2.24) is 0 Å². The van der Waals surface area contributed by atoms with Gasteiger partial charge < -0.3 is 4.90 Å². The Bertz CT molecular complexity index is 346. The minimum Gasteiger partial charge on any atom is -0.351 e. The van der Waals surface area contributed by atoms with Crippen molar-refractivity contribution < 1.29 is 0 Å². The molecule has 0 aliphatic heterocycles. The molecular formula is C15H21N. The van der Waals surface area contributed by atoms with Gasteiger partial charge in [0.05, 0.1) is 0 Å². The lowest BCUT2D eigenvalue weighted by Crippen LogP contribution is -2.07. The summed E-state index contributed by atoms with van der Waals surface area (Å²) in [6.07, 6.45) is 6.86. The number of anilines is 1. The molecule has 0 atom stereocenters. The van der Waals surface area contributed by atoms with Gasteiger partial charge in [0.2, 0.25) is 0 Å². The van der Waals surface area contributed by atoms with Crippen LogP contribution < -0.4 is 4.90 Å². The lowest BCUT2D eigenvalue weighted by Gasteiger charge is -2.14. The van der Waals surface area contributed by atoms with Crippen LogP contribution in [0.1, 0.15) is 19.4 Å².